The molecule has 0 bridgehead atoms. The predicted molar refractivity (Wildman–Crippen MR) is 83.4 cm³/mol. The third-order valence-electron chi connectivity index (χ3n) is 3.22. The summed E-state index contributed by atoms with van der Waals surface area (Å²) in [7, 11) is 0. The van der Waals surface area contributed by atoms with Gasteiger partial charge < -0.3 is 15.4 Å². The molecule has 1 heterocycles. The van der Waals surface area contributed by atoms with E-state index < -0.39 is 17.3 Å². The number of rotatable bonds is 2. The lowest BCUT2D eigenvalue weighted by Crippen LogP contribution is -2.20. The number of pyridine rings is 1. The molecule has 1 amide bonds. The lowest BCUT2D eigenvalue weighted by Gasteiger charge is -2.15. The van der Waals surface area contributed by atoms with Gasteiger partial charge in [-0.05, 0) is 36.2 Å². The Balaban J connectivity index is 2.07. The molecule has 110 valence electrons. The Morgan fingerprint density at radius 3 is 2.36 bits per heavy atom. The fourth-order valence-electron chi connectivity index (χ4n) is 2.21. The molecule has 0 fully saturated rings. The van der Waals surface area contributed by atoms with E-state index in [0.29, 0.717) is 21.5 Å². The van der Waals surface area contributed by atoms with Crippen molar-refractivity contribution in [3.63, 3.8) is 0 Å². The first-order valence-corrected chi connectivity index (χ1v) is 6.83. The van der Waals surface area contributed by atoms with Crippen LogP contribution in [0.15, 0.2) is 53.3 Å². The van der Waals surface area contributed by atoms with Crippen molar-refractivity contribution in [2.45, 2.75) is 0 Å². The number of hydrogen-bond donors (Lipinski definition) is 2. The van der Waals surface area contributed by atoms with Crippen LogP contribution in [-0.2, 0) is 0 Å². The first-order valence-electron chi connectivity index (χ1n) is 6.45. The number of halogens is 1. The number of carbonyl (C=O) groups is 1. The second-order valence-corrected chi connectivity index (χ2v) is 5.10. The summed E-state index contributed by atoms with van der Waals surface area (Å²) in [6, 6.07) is 13.0. The van der Waals surface area contributed by atoms with Crippen molar-refractivity contribution in [3.8, 4) is 5.88 Å². The van der Waals surface area contributed by atoms with Gasteiger partial charge in [-0.15, -0.1) is 0 Å². The highest BCUT2D eigenvalue weighted by molar-refractivity contribution is 6.30. The van der Waals surface area contributed by atoms with Crippen LogP contribution >= 0.6 is 11.6 Å². The molecular formula is C16H10ClN2O3-. The number of hydrogen-bond acceptors (Lipinski definition) is 3. The number of benzene rings is 2. The lowest BCUT2D eigenvalue weighted by atomic mass is 10.1. The van der Waals surface area contributed by atoms with Crippen LogP contribution in [0.5, 0.6) is 5.88 Å². The zero-order valence-corrected chi connectivity index (χ0v) is 12.0. The molecule has 3 aromatic rings. The van der Waals surface area contributed by atoms with Crippen molar-refractivity contribution < 1.29 is 9.90 Å². The summed E-state index contributed by atoms with van der Waals surface area (Å²) >= 11 is 5.78. The third kappa shape index (κ3) is 2.54. The molecule has 0 aliphatic rings. The maximum absolute atomic E-state index is 12.4. The molecule has 5 nitrogen and oxygen atoms in total. The molecule has 0 spiro atoms. The van der Waals surface area contributed by atoms with Crippen LogP contribution in [0, 0.1) is 0 Å². The highest BCUT2D eigenvalue weighted by Gasteiger charge is 2.13. The summed E-state index contributed by atoms with van der Waals surface area (Å²) in [5.74, 6) is -1.30. The Morgan fingerprint density at radius 2 is 1.68 bits per heavy atom. The molecule has 3 rings (SSSR count). The quantitative estimate of drug-likeness (QED) is 0.762. The second-order valence-electron chi connectivity index (χ2n) is 4.66. The van der Waals surface area contributed by atoms with Crippen LogP contribution in [0.2, 0.25) is 5.02 Å². The molecule has 0 saturated heterocycles. The van der Waals surface area contributed by atoms with Gasteiger partial charge in [0.2, 0.25) is 0 Å². The normalized spacial score (nSPS) is 10.6. The molecule has 0 saturated carbocycles. The topological polar surface area (TPSA) is 85.0 Å². The lowest BCUT2D eigenvalue weighted by molar-refractivity contribution is -0.275. The minimum absolute atomic E-state index is 0.0925. The van der Waals surface area contributed by atoms with Crippen molar-refractivity contribution in [1.29, 1.82) is 0 Å². The molecule has 6 heteroatoms. The van der Waals surface area contributed by atoms with Gasteiger partial charge in [-0.1, -0.05) is 29.8 Å². The maximum atomic E-state index is 12.4. The fourth-order valence-corrected chi connectivity index (χ4v) is 2.33. The van der Waals surface area contributed by atoms with Crippen molar-refractivity contribution in [1.82, 2.24) is 4.98 Å². The molecular weight excluding hydrogens is 304 g/mol. The highest BCUT2D eigenvalue weighted by Crippen LogP contribution is 2.22. The van der Waals surface area contributed by atoms with Gasteiger partial charge >= 0.3 is 0 Å². The Labute approximate surface area is 130 Å². The van der Waals surface area contributed by atoms with Gasteiger partial charge in [-0.25, -0.2) is 0 Å². The zero-order chi connectivity index (χ0) is 15.7. The molecule has 2 N–H and O–H groups in total. The SMILES string of the molecule is O=C(Nc1ccc(Cl)cc1)c1c([O-])[nH]c(=O)c2ccccc12. The monoisotopic (exact) mass is 313 g/mol. The largest absolute Gasteiger partial charge is 0.860 e. The van der Waals surface area contributed by atoms with Crippen molar-refractivity contribution in [3.05, 3.63) is 69.5 Å². The molecule has 2 aromatic carbocycles. The number of carbonyl (C=O) groups excluding carboxylic acids is 1. The number of fused-ring (bicyclic) bond motifs is 1. The van der Waals surface area contributed by atoms with Gasteiger partial charge in [-0.2, -0.15) is 0 Å². The van der Waals surface area contributed by atoms with Crippen LogP contribution in [0.4, 0.5) is 5.69 Å². The first kappa shape index (κ1) is 14.2. The minimum atomic E-state index is -0.713. The number of aromatic amines is 1. The van der Waals surface area contributed by atoms with Crippen molar-refractivity contribution in [2.24, 2.45) is 0 Å². The van der Waals surface area contributed by atoms with Crippen LogP contribution in [0.25, 0.3) is 10.8 Å². The van der Waals surface area contributed by atoms with Gasteiger partial charge in [0.15, 0.2) is 0 Å². The van der Waals surface area contributed by atoms with E-state index in [1.807, 2.05) is 0 Å². The molecule has 0 unspecified atom stereocenters. The van der Waals surface area contributed by atoms with Crippen LogP contribution < -0.4 is 16.0 Å². The summed E-state index contributed by atoms with van der Waals surface area (Å²) in [5.41, 5.74) is -0.0992. The predicted octanol–water partition coefficient (Wildman–Crippen LogP) is 2.51. The smallest absolute Gasteiger partial charge is 0.257 e. The summed E-state index contributed by atoms with van der Waals surface area (Å²) in [6.07, 6.45) is 0. The highest BCUT2D eigenvalue weighted by atomic mass is 35.5. The molecule has 1 aromatic heterocycles. The Hall–Kier alpha value is -2.79. The van der Waals surface area contributed by atoms with E-state index in [9.17, 15) is 14.7 Å². The van der Waals surface area contributed by atoms with Crippen molar-refractivity contribution >= 4 is 34.0 Å². The number of amides is 1. The summed E-state index contributed by atoms with van der Waals surface area (Å²) in [6.45, 7) is 0. The van der Waals surface area contributed by atoms with E-state index in [2.05, 4.69) is 10.3 Å². The van der Waals surface area contributed by atoms with E-state index in [0.717, 1.165) is 0 Å². The maximum Gasteiger partial charge on any atom is 0.257 e. The van der Waals surface area contributed by atoms with Crippen LogP contribution in [0.3, 0.4) is 0 Å². The van der Waals surface area contributed by atoms with E-state index >= 15 is 0 Å². The van der Waals surface area contributed by atoms with E-state index in [1.54, 1.807) is 48.5 Å². The van der Waals surface area contributed by atoms with E-state index in [4.69, 9.17) is 11.6 Å². The van der Waals surface area contributed by atoms with Crippen LogP contribution in [-0.4, -0.2) is 10.9 Å². The Kier molecular flexibility index (Phi) is 3.56. The van der Waals surface area contributed by atoms with Gasteiger partial charge in [0.1, 0.15) is 0 Å². The Bertz CT molecular complexity index is 917. The van der Waals surface area contributed by atoms with E-state index in [-0.39, 0.29) is 5.56 Å². The van der Waals surface area contributed by atoms with Gasteiger partial charge in [0, 0.05) is 21.5 Å². The number of nitrogens with one attached hydrogen (secondary N) is 2. The Morgan fingerprint density at radius 1 is 1.05 bits per heavy atom. The summed E-state index contributed by atoms with van der Waals surface area (Å²) < 4.78 is 0. The third-order valence-corrected chi connectivity index (χ3v) is 3.48. The molecule has 0 atom stereocenters. The fraction of sp³-hybridized carbons (Fsp3) is 0. The van der Waals surface area contributed by atoms with Crippen molar-refractivity contribution in [2.75, 3.05) is 5.32 Å². The first-order chi connectivity index (χ1) is 10.6. The zero-order valence-electron chi connectivity index (χ0n) is 11.2. The number of aromatic nitrogens is 1. The van der Waals surface area contributed by atoms with E-state index in [1.165, 1.54) is 0 Å². The van der Waals surface area contributed by atoms with Gasteiger partial charge in [-0.3, -0.25) is 9.59 Å². The molecule has 0 aliphatic heterocycles. The molecule has 0 aliphatic carbocycles. The summed E-state index contributed by atoms with van der Waals surface area (Å²) in [5, 5.41) is 15.8. The minimum Gasteiger partial charge on any atom is -0.860 e. The number of anilines is 1. The number of H-pyrrole nitrogens is 1. The standard InChI is InChI=1S/C16H11ClN2O3/c17-9-5-7-10(8-6-9)18-15(21)13-11-3-1-2-4-12(11)14(20)19-16(13)22/h1-8H,(H,18,21)(H2,19,20,22)/p-1. The van der Waals surface area contributed by atoms with Gasteiger partial charge in [0.05, 0.1) is 5.56 Å². The molecule has 0 radical (unpaired) electrons. The average molecular weight is 314 g/mol. The second kappa shape index (κ2) is 5.54. The average Bonchev–Trinajstić information content (AvgIpc) is 2.49. The van der Waals surface area contributed by atoms with Crippen LogP contribution in [0.1, 0.15) is 10.4 Å². The molecule has 22 heavy (non-hydrogen) atoms. The van der Waals surface area contributed by atoms with Gasteiger partial charge in [0.25, 0.3) is 11.5 Å². The summed E-state index contributed by atoms with van der Waals surface area (Å²) in [4.78, 5) is 26.3.